The number of hydrogen-bond donors (Lipinski definition) is 1. The van der Waals surface area contributed by atoms with E-state index in [2.05, 4.69) is 25.8 Å². The number of pyridine rings is 1. The molecule has 0 aliphatic heterocycles. The number of rotatable bonds is 6. The van der Waals surface area contributed by atoms with Crippen LogP contribution in [0.3, 0.4) is 0 Å². The van der Waals surface area contributed by atoms with Gasteiger partial charge in [-0.05, 0) is 48.6 Å². The molecule has 9 heteroatoms. The summed E-state index contributed by atoms with van der Waals surface area (Å²) in [5.74, 6) is -0.163. The van der Waals surface area contributed by atoms with Gasteiger partial charge in [-0.25, -0.2) is 4.98 Å². The van der Waals surface area contributed by atoms with E-state index in [-0.39, 0.29) is 35.1 Å². The van der Waals surface area contributed by atoms with Gasteiger partial charge in [0.15, 0.2) is 0 Å². The molecule has 2 N–H and O–H groups in total. The van der Waals surface area contributed by atoms with Gasteiger partial charge in [-0.2, -0.15) is 13.2 Å². The van der Waals surface area contributed by atoms with Crippen molar-refractivity contribution in [1.82, 2.24) is 9.88 Å². The smallest absolute Gasteiger partial charge is 0.382 e. The van der Waals surface area contributed by atoms with Crippen LogP contribution in [0.4, 0.5) is 19.0 Å². The third-order valence-corrected chi connectivity index (χ3v) is 7.18. The molecule has 1 aromatic carbocycles. The van der Waals surface area contributed by atoms with Gasteiger partial charge in [-0.15, -0.1) is 11.3 Å². The summed E-state index contributed by atoms with van der Waals surface area (Å²) in [6, 6.07) is 10.7. The molecule has 0 aliphatic carbocycles. The molecule has 0 saturated carbocycles. The fourth-order valence-electron chi connectivity index (χ4n) is 3.46. The maximum absolute atomic E-state index is 13.5. The van der Waals surface area contributed by atoms with Crippen molar-refractivity contribution in [3.8, 4) is 0 Å². The highest BCUT2D eigenvalue weighted by atomic mass is 35.5. The maximum atomic E-state index is 13.5. The first-order chi connectivity index (χ1) is 15.8. The number of amides is 1. The zero-order chi connectivity index (χ0) is 25.3. The summed E-state index contributed by atoms with van der Waals surface area (Å²) in [5.41, 5.74) is 6.28. The van der Waals surface area contributed by atoms with Gasteiger partial charge in [0.2, 0.25) is 0 Å². The molecule has 34 heavy (non-hydrogen) atoms. The minimum Gasteiger partial charge on any atom is -0.382 e. The fourth-order valence-corrected chi connectivity index (χ4v) is 4.69. The lowest BCUT2D eigenvalue weighted by Crippen LogP contribution is -2.33. The second-order valence-electron chi connectivity index (χ2n) is 9.18. The first-order valence-electron chi connectivity index (χ1n) is 10.7. The number of carbonyl (C=O) groups excluding carboxylic acids is 1. The molecule has 0 fully saturated rings. The third kappa shape index (κ3) is 6.30. The Morgan fingerprint density at radius 3 is 2.47 bits per heavy atom. The summed E-state index contributed by atoms with van der Waals surface area (Å²) >= 11 is 7.73. The van der Waals surface area contributed by atoms with Crippen LogP contribution in [0.1, 0.15) is 57.7 Å². The predicted molar refractivity (Wildman–Crippen MR) is 131 cm³/mol. The first kappa shape index (κ1) is 26.0. The fraction of sp³-hybridized carbons (Fsp3) is 0.360. The number of nitrogens with two attached hydrogens (primary N) is 1. The molecule has 3 rings (SSSR count). The second-order valence-corrected chi connectivity index (χ2v) is 10.8. The number of halogens is 4. The van der Waals surface area contributed by atoms with Crippen LogP contribution in [0.15, 0.2) is 42.5 Å². The maximum Gasteiger partial charge on any atom is 0.416 e. The van der Waals surface area contributed by atoms with E-state index in [1.54, 1.807) is 29.2 Å². The Bertz CT molecular complexity index is 1180. The largest absolute Gasteiger partial charge is 0.416 e. The molecule has 0 aliphatic rings. The molecule has 4 nitrogen and oxygen atoms in total. The predicted octanol–water partition coefficient (Wildman–Crippen LogP) is 6.89. The van der Waals surface area contributed by atoms with Gasteiger partial charge in [0, 0.05) is 16.3 Å². The number of nitrogens with zero attached hydrogens (tertiary/aromatic N) is 2. The summed E-state index contributed by atoms with van der Waals surface area (Å²) in [5, 5.41) is 0.179. The van der Waals surface area contributed by atoms with Crippen LogP contribution < -0.4 is 5.73 Å². The van der Waals surface area contributed by atoms with E-state index in [0.717, 1.165) is 17.0 Å². The van der Waals surface area contributed by atoms with Crippen LogP contribution >= 0.6 is 22.9 Å². The average Bonchev–Trinajstić information content (AvgIpc) is 3.22. The highest BCUT2D eigenvalue weighted by Gasteiger charge is 2.30. The third-order valence-electron chi connectivity index (χ3n) is 5.38. The van der Waals surface area contributed by atoms with Crippen molar-refractivity contribution in [2.75, 3.05) is 12.3 Å². The van der Waals surface area contributed by atoms with Crippen molar-refractivity contribution in [3.63, 3.8) is 0 Å². The van der Waals surface area contributed by atoms with Gasteiger partial charge in [-0.3, -0.25) is 4.79 Å². The number of carbonyl (C=O) groups is 1. The lowest BCUT2D eigenvalue weighted by atomic mass is 9.95. The minimum absolute atomic E-state index is 0.0270. The Morgan fingerprint density at radius 1 is 1.15 bits per heavy atom. The number of hydrogen-bond acceptors (Lipinski definition) is 4. The zero-order valence-corrected chi connectivity index (χ0v) is 21.0. The quantitative estimate of drug-likeness (QED) is 0.393. The number of aryl methyl sites for hydroxylation is 1. The molecule has 0 radical (unpaired) electrons. The van der Waals surface area contributed by atoms with Crippen molar-refractivity contribution in [2.24, 2.45) is 0 Å². The summed E-state index contributed by atoms with van der Waals surface area (Å²) in [6.45, 7) is 8.57. The summed E-state index contributed by atoms with van der Waals surface area (Å²) in [7, 11) is 0. The van der Waals surface area contributed by atoms with Crippen LogP contribution in [0.5, 0.6) is 0 Å². The van der Waals surface area contributed by atoms with E-state index < -0.39 is 11.7 Å². The number of aromatic nitrogens is 1. The van der Waals surface area contributed by atoms with E-state index in [0.29, 0.717) is 23.4 Å². The Morgan fingerprint density at radius 2 is 1.85 bits per heavy atom. The van der Waals surface area contributed by atoms with E-state index in [1.807, 2.05) is 12.1 Å². The van der Waals surface area contributed by atoms with Crippen molar-refractivity contribution >= 4 is 34.7 Å². The molecule has 2 heterocycles. The molecule has 1 amide bonds. The van der Waals surface area contributed by atoms with Gasteiger partial charge in [-0.1, -0.05) is 50.6 Å². The van der Waals surface area contributed by atoms with Gasteiger partial charge >= 0.3 is 6.18 Å². The molecule has 3 aromatic rings. The molecule has 182 valence electrons. The topological polar surface area (TPSA) is 59.2 Å². The number of alkyl halides is 3. The standard InChI is InChI=1S/C25H27ClF3N3OS/c1-15-19(13-20(26)22(30)31-15)23(33)32(14-18-8-9-21(34-18)24(2,3)4)11-10-16-6-5-7-17(12-16)25(27,28)29/h5-9,12-13H,10-11,14H2,1-4H3,(H2,30,31). The normalized spacial score (nSPS) is 12.1. The van der Waals surface area contributed by atoms with Crippen molar-refractivity contribution in [3.05, 3.63) is 79.6 Å². The number of anilines is 1. The Kier molecular flexibility index (Phi) is 7.62. The van der Waals surface area contributed by atoms with Crippen LogP contribution in [0.2, 0.25) is 5.02 Å². The number of thiophene rings is 1. The van der Waals surface area contributed by atoms with E-state index in [9.17, 15) is 18.0 Å². The molecule has 0 saturated heterocycles. The Labute approximate surface area is 206 Å². The van der Waals surface area contributed by atoms with E-state index in [1.165, 1.54) is 17.0 Å². The zero-order valence-electron chi connectivity index (χ0n) is 19.5. The summed E-state index contributed by atoms with van der Waals surface area (Å²) < 4.78 is 39.4. The van der Waals surface area contributed by atoms with Crippen molar-refractivity contribution in [1.29, 1.82) is 0 Å². The molecular formula is C25H27ClF3N3OS. The van der Waals surface area contributed by atoms with Crippen LogP contribution in [0, 0.1) is 6.92 Å². The molecule has 0 spiro atoms. The van der Waals surface area contributed by atoms with Gasteiger partial charge in [0.25, 0.3) is 5.91 Å². The average molecular weight is 510 g/mol. The van der Waals surface area contributed by atoms with Gasteiger partial charge in [0.05, 0.1) is 28.4 Å². The van der Waals surface area contributed by atoms with Crippen LogP contribution in [0.25, 0.3) is 0 Å². The SMILES string of the molecule is Cc1nc(N)c(Cl)cc1C(=O)N(CCc1cccc(C(F)(F)F)c1)Cc1ccc(C(C)(C)C)s1. The van der Waals surface area contributed by atoms with E-state index in [4.69, 9.17) is 17.3 Å². The highest BCUT2D eigenvalue weighted by molar-refractivity contribution is 7.12. The van der Waals surface area contributed by atoms with Crippen LogP contribution in [-0.2, 0) is 24.6 Å². The monoisotopic (exact) mass is 509 g/mol. The molecule has 0 bridgehead atoms. The lowest BCUT2D eigenvalue weighted by Gasteiger charge is -2.24. The summed E-state index contributed by atoms with van der Waals surface area (Å²) in [4.78, 5) is 21.4. The Hall–Kier alpha value is -2.58. The van der Waals surface area contributed by atoms with Crippen molar-refractivity contribution in [2.45, 2.75) is 52.3 Å². The van der Waals surface area contributed by atoms with Crippen LogP contribution in [-0.4, -0.2) is 22.3 Å². The van der Waals surface area contributed by atoms with Crippen molar-refractivity contribution < 1.29 is 18.0 Å². The second kappa shape index (κ2) is 9.96. The lowest BCUT2D eigenvalue weighted by molar-refractivity contribution is -0.137. The van der Waals surface area contributed by atoms with Gasteiger partial charge in [0.1, 0.15) is 5.82 Å². The molecule has 0 unspecified atom stereocenters. The van der Waals surface area contributed by atoms with Gasteiger partial charge < -0.3 is 10.6 Å². The molecular weight excluding hydrogens is 483 g/mol. The number of nitrogen functional groups attached to an aromatic ring is 1. The minimum atomic E-state index is -4.42. The summed E-state index contributed by atoms with van der Waals surface area (Å²) in [6.07, 6.45) is -4.16. The molecule has 0 atom stereocenters. The first-order valence-corrected chi connectivity index (χ1v) is 11.9. The molecule has 2 aromatic heterocycles. The van der Waals surface area contributed by atoms with E-state index >= 15 is 0 Å². The number of benzene rings is 1. The Balaban J connectivity index is 1.90. The highest BCUT2D eigenvalue weighted by Crippen LogP contribution is 2.32.